The minimum absolute atomic E-state index is 0.351. The van der Waals surface area contributed by atoms with Gasteiger partial charge in [-0.05, 0) is 25.1 Å². The topological polar surface area (TPSA) is 7.60 Å². The highest BCUT2D eigenvalue weighted by atomic mass is 19.1. The maximum Gasteiger partial charge on any atom is 0.262 e. The molecule has 0 bridgehead atoms. The molecular weight excluding hydrogens is 258 g/mol. The van der Waals surface area contributed by atoms with Gasteiger partial charge < -0.3 is 9.74 Å². The Morgan fingerprint density at radius 3 is 2.55 bits per heavy atom. The molecule has 0 aliphatic carbocycles. The van der Waals surface area contributed by atoms with Crippen LogP contribution in [0.3, 0.4) is 0 Å². The summed E-state index contributed by atoms with van der Waals surface area (Å²) in [6, 6.07) is 3.56. The molecule has 0 radical (unpaired) electrons. The number of nitrogens with zero attached hydrogens (tertiary/aromatic N) is 2. The van der Waals surface area contributed by atoms with Gasteiger partial charge in [0.2, 0.25) is 0 Å². The second kappa shape index (κ2) is 6.32. The molecule has 1 aromatic rings. The number of rotatable bonds is 4. The van der Waals surface area contributed by atoms with Gasteiger partial charge in [0.1, 0.15) is 11.6 Å². The molecule has 20 heavy (non-hydrogen) atoms. The van der Waals surface area contributed by atoms with Crippen LogP contribution in [0.4, 0.5) is 8.78 Å². The minimum Gasteiger partial charge on any atom is -0.305 e. The van der Waals surface area contributed by atoms with Crippen molar-refractivity contribution in [1.29, 1.82) is 0 Å². The molecule has 0 spiro atoms. The molecule has 1 aromatic carbocycles. The van der Waals surface area contributed by atoms with Crippen molar-refractivity contribution in [1.82, 2.24) is 4.90 Å². The molecule has 0 unspecified atom stereocenters. The van der Waals surface area contributed by atoms with Gasteiger partial charge in [0, 0.05) is 32.0 Å². The van der Waals surface area contributed by atoms with Gasteiger partial charge in [-0.1, -0.05) is 13.3 Å². The summed E-state index contributed by atoms with van der Waals surface area (Å²) in [5.41, 5.74) is -0.468. The molecule has 1 fully saturated rings. The molecule has 0 aromatic heterocycles. The van der Waals surface area contributed by atoms with Gasteiger partial charge in [-0.2, -0.15) is 0 Å². The molecule has 1 aliphatic heterocycles. The average Bonchev–Trinajstić information content (AvgIpc) is 2.46. The second-order valence-corrected chi connectivity index (χ2v) is 5.46. The number of unbranched alkanes of at least 4 members (excludes halogenated alkanes) is 1. The van der Waals surface area contributed by atoms with E-state index in [0.717, 1.165) is 38.5 Å². The number of hydrogen-bond donors (Lipinski definition) is 0. The van der Waals surface area contributed by atoms with Crippen molar-refractivity contribution < 1.29 is 8.78 Å². The number of hydrogen-bond acceptors (Lipinski definition) is 1. The van der Waals surface area contributed by atoms with Crippen LogP contribution in [-0.2, 0) is 5.54 Å². The second-order valence-electron chi connectivity index (χ2n) is 5.46. The van der Waals surface area contributed by atoms with E-state index in [-0.39, 0.29) is 0 Å². The Morgan fingerprint density at radius 1 is 1.30 bits per heavy atom. The van der Waals surface area contributed by atoms with Crippen LogP contribution in [-0.4, -0.2) is 24.5 Å². The molecular formula is C16H20F2N2. The summed E-state index contributed by atoms with van der Waals surface area (Å²) in [4.78, 5) is 6.04. The smallest absolute Gasteiger partial charge is 0.262 e. The fourth-order valence-electron chi connectivity index (χ4n) is 2.84. The first-order chi connectivity index (χ1) is 9.61. The van der Waals surface area contributed by atoms with Gasteiger partial charge in [0.25, 0.3) is 5.54 Å². The van der Waals surface area contributed by atoms with Crippen molar-refractivity contribution in [2.45, 2.75) is 38.1 Å². The highest BCUT2D eigenvalue weighted by Gasteiger charge is 2.44. The summed E-state index contributed by atoms with van der Waals surface area (Å²) in [5, 5.41) is 0. The first-order valence-electron chi connectivity index (χ1n) is 7.18. The Bertz CT molecular complexity index is 500. The van der Waals surface area contributed by atoms with Crippen LogP contribution in [0, 0.1) is 18.2 Å². The lowest BCUT2D eigenvalue weighted by Gasteiger charge is -2.34. The van der Waals surface area contributed by atoms with Crippen molar-refractivity contribution in [3.63, 3.8) is 0 Å². The Labute approximate surface area is 119 Å². The Morgan fingerprint density at radius 2 is 2.00 bits per heavy atom. The molecule has 0 saturated carbocycles. The summed E-state index contributed by atoms with van der Waals surface area (Å²) in [5.74, 6) is -1.19. The van der Waals surface area contributed by atoms with Crippen molar-refractivity contribution in [3.8, 4) is 0 Å². The number of halogens is 2. The lowest BCUT2D eigenvalue weighted by atomic mass is 9.81. The van der Waals surface area contributed by atoms with Crippen molar-refractivity contribution in [2.24, 2.45) is 0 Å². The van der Waals surface area contributed by atoms with Crippen LogP contribution in [0.5, 0.6) is 0 Å². The summed E-state index contributed by atoms with van der Waals surface area (Å²) in [6.45, 7) is 12.3. The fourth-order valence-corrected chi connectivity index (χ4v) is 2.84. The summed E-state index contributed by atoms with van der Waals surface area (Å²) < 4.78 is 27.0. The van der Waals surface area contributed by atoms with E-state index in [1.54, 1.807) is 0 Å². The predicted octanol–water partition coefficient (Wildman–Crippen LogP) is 3.98. The summed E-state index contributed by atoms with van der Waals surface area (Å²) >= 11 is 0. The molecule has 1 aliphatic rings. The van der Waals surface area contributed by atoms with E-state index in [9.17, 15) is 8.78 Å². The first kappa shape index (κ1) is 14.9. The monoisotopic (exact) mass is 278 g/mol. The third-order valence-corrected chi connectivity index (χ3v) is 4.16. The Hall–Kier alpha value is -1.47. The highest BCUT2D eigenvalue weighted by molar-refractivity contribution is 5.31. The molecule has 1 heterocycles. The molecule has 2 nitrogen and oxygen atoms in total. The van der Waals surface area contributed by atoms with E-state index >= 15 is 0 Å². The zero-order valence-electron chi connectivity index (χ0n) is 11.8. The standard InChI is InChI=1S/C16H20F2N2/c1-3-4-9-20-10-7-16(19-2,8-11-20)14-6-5-13(17)12-15(14)18/h5-6,12H,3-4,7-11H2,1H3. The van der Waals surface area contributed by atoms with Gasteiger partial charge in [0.15, 0.2) is 0 Å². The maximum atomic E-state index is 14.0. The van der Waals surface area contributed by atoms with Crippen LogP contribution in [0.25, 0.3) is 4.85 Å². The molecule has 0 atom stereocenters. The third-order valence-electron chi connectivity index (χ3n) is 4.16. The Kier molecular flexibility index (Phi) is 4.72. The van der Waals surface area contributed by atoms with E-state index in [2.05, 4.69) is 16.7 Å². The lowest BCUT2D eigenvalue weighted by molar-refractivity contribution is 0.177. The maximum absolute atomic E-state index is 14.0. The summed E-state index contributed by atoms with van der Waals surface area (Å²) in [7, 11) is 0. The van der Waals surface area contributed by atoms with E-state index in [4.69, 9.17) is 6.57 Å². The number of likely N-dealkylation sites (tertiary alicyclic amines) is 1. The van der Waals surface area contributed by atoms with Gasteiger partial charge in [0.05, 0.1) is 5.56 Å². The zero-order valence-corrected chi connectivity index (χ0v) is 11.8. The van der Waals surface area contributed by atoms with E-state index in [0.29, 0.717) is 18.4 Å². The van der Waals surface area contributed by atoms with Crippen LogP contribution < -0.4 is 0 Å². The molecule has 4 heteroatoms. The summed E-state index contributed by atoms with van der Waals surface area (Å²) in [6.07, 6.45) is 3.53. The van der Waals surface area contributed by atoms with E-state index < -0.39 is 17.2 Å². The van der Waals surface area contributed by atoms with Crippen LogP contribution in [0.2, 0.25) is 0 Å². The van der Waals surface area contributed by atoms with Gasteiger partial charge in [-0.15, -0.1) is 0 Å². The largest absolute Gasteiger partial charge is 0.305 e. The minimum atomic E-state index is -0.819. The van der Waals surface area contributed by atoms with Crippen LogP contribution in [0.15, 0.2) is 18.2 Å². The van der Waals surface area contributed by atoms with E-state index in [1.165, 1.54) is 12.1 Å². The predicted molar refractivity (Wildman–Crippen MR) is 75.2 cm³/mol. The van der Waals surface area contributed by atoms with E-state index in [1.807, 2.05) is 0 Å². The van der Waals surface area contributed by atoms with Crippen molar-refractivity contribution in [3.05, 3.63) is 46.8 Å². The van der Waals surface area contributed by atoms with Crippen LogP contribution >= 0.6 is 0 Å². The molecule has 1 saturated heterocycles. The molecule has 0 amide bonds. The normalized spacial score (nSPS) is 18.7. The molecule has 0 N–H and O–H groups in total. The quantitative estimate of drug-likeness (QED) is 0.756. The van der Waals surface area contributed by atoms with Crippen molar-refractivity contribution in [2.75, 3.05) is 19.6 Å². The lowest BCUT2D eigenvalue weighted by Crippen LogP contribution is -2.41. The number of piperidine rings is 1. The molecule has 108 valence electrons. The Balaban J connectivity index is 2.15. The fraction of sp³-hybridized carbons (Fsp3) is 0.562. The number of benzene rings is 1. The first-order valence-corrected chi connectivity index (χ1v) is 7.18. The van der Waals surface area contributed by atoms with Gasteiger partial charge >= 0.3 is 0 Å². The highest BCUT2D eigenvalue weighted by Crippen LogP contribution is 2.38. The average molecular weight is 278 g/mol. The van der Waals surface area contributed by atoms with Gasteiger partial charge in [-0.3, -0.25) is 0 Å². The zero-order chi connectivity index (χ0) is 14.6. The van der Waals surface area contributed by atoms with Crippen LogP contribution in [0.1, 0.15) is 38.2 Å². The van der Waals surface area contributed by atoms with Gasteiger partial charge in [-0.25, -0.2) is 15.4 Å². The molecule has 2 rings (SSSR count). The van der Waals surface area contributed by atoms with Crippen molar-refractivity contribution >= 4 is 0 Å². The third kappa shape index (κ3) is 2.99. The SMILES string of the molecule is [C-]#[N+]C1(c2ccc(F)cc2F)CCN(CCCC)CC1.